The van der Waals surface area contributed by atoms with E-state index >= 15 is 0 Å². The first-order valence-corrected chi connectivity index (χ1v) is 12.4. The fourth-order valence-corrected chi connectivity index (χ4v) is 5.57. The van der Waals surface area contributed by atoms with E-state index in [0.717, 1.165) is 74.8 Å². The van der Waals surface area contributed by atoms with Crippen LogP contribution in [0.3, 0.4) is 0 Å². The van der Waals surface area contributed by atoms with Crippen molar-refractivity contribution in [2.24, 2.45) is 5.92 Å². The van der Waals surface area contributed by atoms with Gasteiger partial charge in [0.1, 0.15) is 11.4 Å². The molecule has 0 amide bonds. The number of piperidine rings is 1. The zero-order chi connectivity index (χ0) is 21.4. The average molecular weight is 438 g/mol. The predicted molar refractivity (Wildman–Crippen MR) is 126 cm³/mol. The second-order valence-corrected chi connectivity index (χ2v) is 10.0. The third-order valence-electron chi connectivity index (χ3n) is 7.00. The zero-order valence-electron chi connectivity index (χ0n) is 18.7. The fourth-order valence-electron chi connectivity index (χ4n) is 5.07. The van der Waals surface area contributed by atoms with E-state index in [9.17, 15) is 0 Å². The Hall–Kier alpha value is -2.12. The molecule has 0 aromatic carbocycles. The van der Waals surface area contributed by atoms with Crippen LogP contribution < -0.4 is 9.64 Å². The monoisotopic (exact) mass is 437 g/mol. The zero-order valence-corrected chi connectivity index (χ0v) is 19.5. The van der Waals surface area contributed by atoms with E-state index in [1.54, 1.807) is 0 Å². The second-order valence-electron chi connectivity index (χ2n) is 9.14. The molecule has 7 heteroatoms. The largest absolute Gasteiger partial charge is 0.485 e. The van der Waals surface area contributed by atoms with Crippen molar-refractivity contribution in [2.75, 3.05) is 37.3 Å². The molecule has 0 aliphatic carbocycles. The molecule has 1 atom stereocenters. The first kappa shape index (κ1) is 20.8. The molecule has 5 rings (SSSR count). The minimum atomic E-state index is -0.153. The number of pyridine rings is 1. The van der Waals surface area contributed by atoms with Crippen LogP contribution in [-0.4, -0.2) is 57.3 Å². The van der Waals surface area contributed by atoms with Gasteiger partial charge in [-0.3, -0.25) is 4.98 Å². The van der Waals surface area contributed by atoms with Crippen LogP contribution in [-0.2, 0) is 6.42 Å². The fraction of sp³-hybridized carbons (Fsp3) is 0.542. The van der Waals surface area contributed by atoms with Crippen molar-refractivity contribution in [1.29, 1.82) is 0 Å². The Morgan fingerprint density at radius 2 is 1.87 bits per heavy atom. The molecule has 164 valence electrons. The highest BCUT2D eigenvalue weighted by atomic mass is 32.2. The molecule has 2 aromatic rings. The number of aryl methyl sites for hydroxylation is 1. The number of anilines is 1. The minimum Gasteiger partial charge on any atom is -0.485 e. The Bertz CT molecular complexity index is 970. The van der Waals surface area contributed by atoms with Crippen LogP contribution in [0, 0.1) is 12.8 Å². The van der Waals surface area contributed by atoms with Crippen LogP contribution >= 0.6 is 11.9 Å². The Morgan fingerprint density at radius 1 is 1.10 bits per heavy atom. The number of nitrogens with zero attached hydrogens (tertiary/aromatic N) is 5. The Labute approximate surface area is 189 Å². The van der Waals surface area contributed by atoms with Gasteiger partial charge in [0.2, 0.25) is 5.95 Å². The quantitative estimate of drug-likeness (QED) is 0.666. The smallest absolute Gasteiger partial charge is 0.225 e. The summed E-state index contributed by atoms with van der Waals surface area (Å²) in [5, 5.41) is 0. The van der Waals surface area contributed by atoms with Crippen molar-refractivity contribution < 1.29 is 4.74 Å². The van der Waals surface area contributed by atoms with Gasteiger partial charge in [0.05, 0.1) is 11.9 Å². The maximum atomic E-state index is 6.52. The number of aromatic nitrogens is 3. The van der Waals surface area contributed by atoms with Crippen LogP contribution in [0.2, 0.25) is 0 Å². The summed E-state index contributed by atoms with van der Waals surface area (Å²) in [6.45, 7) is 8.34. The molecule has 3 aliphatic heterocycles. The molecule has 31 heavy (non-hydrogen) atoms. The lowest BCUT2D eigenvalue weighted by molar-refractivity contribution is 0.0347. The molecule has 6 nitrogen and oxygen atoms in total. The van der Waals surface area contributed by atoms with Gasteiger partial charge in [-0.1, -0.05) is 18.0 Å². The number of fused-ring (bicyclic) bond motifs is 1. The van der Waals surface area contributed by atoms with Gasteiger partial charge in [0.25, 0.3) is 0 Å². The molecule has 2 aromatic heterocycles. The van der Waals surface area contributed by atoms with Gasteiger partial charge in [-0.05, 0) is 56.6 Å². The molecule has 0 saturated carbocycles. The van der Waals surface area contributed by atoms with Gasteiger partial charge < -0.3 is 9.64 Å². The summed E-state index contributed by atoms with van der Waals surface area (Å²) in [6.07, 6.45) is 14.4. The lowest BCUT2D eigenvalue weighted by Gasteiger charge is -2.40. The lowest BCUT2D eigenvalue weighted by atomic mass is 9.79. The summed E-state index contributed by atoms with van der Waals surface area (Å²) in [4.78, 5) is 16.1. The first-order valence-electron chi connectivity index (χ1n) is 11.2. The normalized spacial score (nSPS) is 24.6. The van der Waals surface area contributed by atoms with Gasteiger partial charge in [-0.2, -0.15) is 0 Å². The van der Waals surface area contributed by atoms with Crippen molar-refractivity contribution in [2.45, 2.75) is 45.1 Å². The van der Waals surface area contributed by atoms with Gasteiger partial charge in [-0.25, -0.2) is 14.3 Å². The van der Waals surface area contributed by atoms with Crippen molar-refractivity contribution in [3.05, 3.63) is 47.6 Å². The topological polar surface area (TPSA) is 54.4 Å². The summed E-state index contributed by atoms with van der Waals surface area (Å²) >= 11 is 1.81. The standard InChI is InChI=1S/C24H31N5OS/c1-17-14-26-23(27-15-17)28-8-6-20(7-9-28)24(2)13-19-12-21(25-16-22(19)30-24)18-4-10-29(31-3)11-5-18/h4,12,14-16,20H,5-11,13H2,1-3H3. The number of hydrogen-bond acceptors (Lipinski definition) is 7. The summed E-state index contributed by atoms with van der Waals surface area (Å²) < 4.78 is 8.90. The minimum absolute atomic E-state index is 0.153. The molecule has 5 heterocycles. The van der Waals surface area contributed by atoms with E-state index in [0.29, 0.717) is 5.92 Å². The van der Waals surface area contributed by atoms with E-state index in [2.05, 4.69) is 44.5 Å². The lowest BCUT2D eigenvalue weighted by Crippen LogP contribution is -2.46. The third-order valence-corrected chi connectivity index (χ3v) is 7.85. The van der Waals surface area contributed by atoms with E-state index in [4.69, 9.17) is 9.72 Å². The van der Waals surface area contributed by atoms with E-state index < -0.39 is 0 Å². The number of rotatable bonds is 4. The van der Waals surface area contributed by atoms with Gasteiger partial charge in [0.15, 0.2) is 0 Å². The van der Waals surface area contributed by atoms with Crippen LogP contribution in [0.5, 0.6) is 5.75 Å². The molecule has 1 fully saturated rings. The second kappa shape index (κ2) is 8.43. The molecule has 3 aliphatic rings. The highest BCUT2D eigenvalue weighted by Crippen LogP contribution is 2.43. The Balaban J connectivity index is 1.25. The van der Waals surface area contributed by atoms with E-state index in [1.165, 1.54) is 11.1 Å². The Morgan fingerprint density at radius 3 is 2.55 bits per heavy atom. The number of ether oxygens (including phenoxy) is 1. The van der Waals surface area contributed by atoms with Crippen LogP contribution in [0.4, 0.5) is 5.95 Å². The van der Waals surface area contributed by atoms with Crippen molar-refractivity contribution in [1.82, 2.24) is 19.3 Å². The summed E-state index contributed by atoms with van der Waals surface area (Å²) in [7, 11) is 0. The third kappa shape index (κ3) is 4.17. The van der Waals surface area contributed by atoms with Gasteiger partial charge in [-0.15, -0.1) is 0 Å². The molecule has 0 N–H and O–H groups in total. The Kier molecular flexibility index (Phi) is 5.65. The summed E-state index contributed by atoms with van der Waals surface area (Å²) in [6, 6.07) is 2.27. The molecule has 1 saturated heterocycles. The van der Waals surface area contributed by atoms with Crippen LogP contribution in [0.25, 0.3) is 5.57 Å². The predicted octanol–water partition coefficient (Wildman–Crippen LogP) is 4.16. The van der Waals surface area contributed by atoms with Crippen molar-refractivity contribution in [3.8, 4) is 5.75 Å². The SMILES string of the molecule is CSN1CC=C(c2cc3c(cn2)OC(C)(C2CCN(c4ncc(C)cn4)CC2)C3)CC1. The molecule has 0 radical (unpaired) electrons. The van der Waals surface area contributed by atoms with Gasteiger partial charge in [0, 0.05) is 56.5 Å². The van der Waals surface area contributed by atoms with Crippen LogP contribution in [0.15, 0.2) is 30.7 Å². The summed E-state index contributed by atoms with van der Waals surface area (Å²) in [5.74, 6) is 2.34. The van der Waals surface area contributed by atoms with Gasteiger partial charge >= 0.3 is 0 Å². The maximum Gasteiger partial charge on any atom is 0.225 e. The molecule has 1 unspecified atom stereocenters. The average Bonchev–Trinajstić information content (AvgIpc) is 3.16. The molecular formula is C24H31N5OS. The maximum absolute atomic E-state index is 6.52. The molecule has 0 bridgehead atoms. The van der Waals surface area contributed by atoms with E-state index in [-0.39, 0.29) is 5.60 Å². The molecule has 0 spiro atoms. The van der Waals surface area contributed by atoms with Crippen molar-refractivity contribution in [3.63, 3.8) is 0 Å². The van der Waals surface area contributed by atoms with E-state index in [1.807, 2.05) is 37.5 Å². The number of hydrogen-bond donors (Lipinski definition) is 0. The first-order chi connectivity index (χ1) is 15.0. The van der Waals surface area contributed by atoms with Crippen LogP contribution in [0.1, 0.15) is 43.0 Å². The molecular weight excluding hydrogens is 406 g/mol. The highest BCUT2D eigenvalue weighted by molar-refractivity contribution is 7.96. The van der Waals surface area contributed by atoms with Crippen molar-refractivity contribution >= 4 is 23.5 Å². The summed E-state index contributed by atoms with van der Waals surface area (Å²) in [5.41, 5.74) is 4.75. The highest BCUT2D eigenvalue weighted by Gasteiger charge is 2.43.